The normalized spacial score (nSPS) is 27.0. The number of aliphatic hydroxyl groups excluding tert-OH is 2. The molecule has 0 radical (unpaired) electrons. The standard InChI is InChI=1S/C43H52N9O18P3S/c1-42(2)25-15-21(5-7-27(25)50-13-9-29-23(36(42)50)18-24-30(67-29)10-14-51-28-8-6-22(74(63,64)65)17-26(28)43(3,4)37(24)51)16-32(53)45-11-12-47-71(57,58)69-73(61,62)70-72(59,60)66-19-31-34(54)35(55)40(68-31)52-20-46-33-38(52)48-41(44)49-39(33)56/h5-8,15,17-18,20,29-31,34-35,40,54-55H,9-14,16,19H2,1-4H3,(H8-,44,45,47,48,49,53,56,57,58,59,60,61,62,63,64,65). The number of hydrogen-bond acceptors (Lipinski definition) is 19. The molecule has 0 spiro atoms. The number of nitrogen functional groups attached to an aromatic ring is 1. The number of H-pyrrole nitrogens is 1. The second-order valence-corrected chi connectivity index (χ2v) is 25.8. The van der Waals surface area contributed by atoms with E-state index in [0.29, 0.717) is 18.7 Å². The molecular formula is C43H52N9O18P3S. The predicted octanol–water partition coefficient (Wildman–Crippen LogP) is 1.45. The first-order chi connectivity index (χ1) is 34.5. The van der Waals surface area contributed by atoms with Gasteiger partial charge in [-0.2, -0.15) is 18.2 Å². The van der Waals surface area contributed by atoms with Crippen LogP contribution in [0.15, 0.2) is 75.3 Å². The molecule has 1 saturated heterocycles. The summed E-state index contributed by atoms with van der Waals surface area (Å²) in [6.45, 7) is 7.83. The Morgan fingerprint density at radius 2 is 1.74 bits per heavy atom. The monoisotopic (exact) mass is 1110 g/mol. The van der Waals surface area contributed by atoms with Crippen molar-refractivity contribution < 1.29 is 83.5 Å². The average Bonchev–Trinajstić information content (AvgIpc) is 3.98. The molecule has 10 N–H and O–H groups in total. The van der Waals surface area contributed by atoms with Gasteiger partial charge >= 0.3 is 23.4 Å². The van der Waals surface area contributed by atoms with Crippen LogP contribution in [0.25, 0.3) is 11.2 Å². The number of phosphoric acid groups is 2. The van der Waals surface area contributed by atoms with Crippen LogP contribution in [0, 0.1) is 0 Å². The summed E-state index contributed by atoms with van der Waals surface area (Å²) in [5.41, 5.74) is 11.8. The third kappa shape index (κ3) is 9.48. The van der Waals surface area contributed by atoms with Crippen molar-refractivity contribution in [2.24, 2.45) is 0 Å². The van der Waals surface area contributed by atoms with E-state index in [1.165, 1.54) is 12.1 Å². The van der Waals surface area contributed by atoms with Gasteiger partial charge in [-0.15, -0.1) is 0 Å². The molecule has 2 aromatic carbocycles. The number of benzene rings is 2. The van der Waals surface area contributed by atoms with E-state index < -0.39 is 93.5 Å². The van der Waals surface area contributed by atoms with Crippen LogP contribution in [0.5, 0.6) is 0 Å². The van der Waals surface area contributed by atoms with Crippen LogP contribution < -0.4 is 26.6 Å². The van der Waals surface area contributed by atoms with Crippen molar-refractivity contribution in [3.8, 4) is 0 Å². The third-order valence-electron chi connectivity index (χ3n) is 14.1. The number of aromatic nitrogens is 4. The first-order valence-electron chi connectivity index (χ1n) is 23.1. The summed E-state index contributed by atoms with van der Waals surface area (Å²) in [5, 5.41) is 25.7. The second kappa shape index (κ2) is 18.4. The van der Waals surface area contributed by atoms with Crippen LogP contribution in [-0.2, 0) is 68.5 Å². The minimum absolute atomic E-state index is 0.0822. The number of anilines is 2. The summed E-state index contributed by atoms with van der Waals surface area (Å²) in [4.78, 5) is 67.9. The summed E-state index contributed by atoms with van der Waals surface area (Å²) < 4.78 is 103. The van der Waals surface area contributed by atoms with Crippen molar-refractivity contribution in [2.45, 2.75) is 99.4 Å². The lowest BCUT2D eigenvalue weighted by molar-refractivity contribution is -0.445. The predicted molar refractivity (Wildman–Crippen MR) is 258 cm³/mol. The summed E-state index contributed by atoms with van der Waals surface area (Å²) in [6.07, 6.45) is -2.28. The zero-order chi connectivity index (χ0) is 53.2. The first-order valence-corrected chi connectivity index (χ1v) is 29.1. The van der Waals surface area contributed by atoms with Gasteiger partial charge in [-0.05, 0) is 55.7 Å². The van der Waals surface area contributed by atoms with E-state index in [4.69, 9.17) is 15.2 Å². The fraction of sp³-hybridized carbons (Fsp3) is 0.465. The van der Waals surface area contributed by atoms with Gasteiger partial charge in [0.25, 0.3) is 5.56 Å². The quantitative estimate of drug-likeness (QED) is 0.0352. The maximum Gasteiger partial charge on any atom is 0.489 e. The number of allylic oxidation sites excluding steroid dienone is 1. The molecule has 0 aliphatic carbocycles. The van der Waals surface area contributed by atoms with Gasteiger partial charge in [0.1, 0.15) is 28.4 Å². The van der Waals surface area contributed by atoms with Crippen LogP contribution in [0.1, 0.15) is 63.5 Å². The van der Waals surface area contributed by atoms with Gasteiger partial charge in [0.15, 0.2) is 29.6 Å². The van der Waals surface area contributed by atoms with E-state index in [9.17, 15) is 61.1 Å². The number of phosphoric ester groups is 1. The lowest BCUT2D eigenvalue weighted by atomic mass is 9.74. The number of ether oxygens (including phenoxy) is 2. The van der Waals surface area contributed by atoms with E-state index in [2.05, 4.69) is 62.8 Å². The average molecular weight is 1110 g/mol. The highest BCUT2D eigenvalue weighted by atomic mass is 32.2. The van der Waals surface area contributed by atoms with Crippen molar-refractivity contribution in [3.63, 3.8) is 0 Å². The number of aromatic amines is 1. The van der Waals surface area contributed by atoms with Gasteiger partial charge in [-0.3, -0.25) is 23.7 Å². The molecule has 9 atom stereocenters. The maximum atomic E-state index is 13.2. The number of amides is 1. The molecule has 9 unspecified atom stereocenters. The van der Waals surface area contributed by atoms with Crippen molar-refractivity contribution in [1.82, 2.24) is 29.9 Å². The Kier molecular flexibility index (Phi) is 13.1. The van der Waals surface area contributed by atoms with E-state index >= 15 is 0 Å². The Labute approximate surface area is 421 Å². The van der Waals surface area contributed by atoms with Crippen LogP contribution in [0.2, 0.25) is 0 Å². The Hall–Kier alpha value is -4.83. The van der Waals surface area contributed by atoms with Crippen molar-refractivity contribution >= 4 is 73.6 Å². The molecule has 398 valence electrons. The molecule has 8 heterocycles. The van der Waals surface area contributed by atoms with E-state index in [1.807, 2.05) is 37.1 Å². The summed E-state index contributed by atoms with van der Waals surface area (Å²) in [5.74, 6) is -0.759. The molecule has 6 aliphatic rings. The van der Waals surface area contributed by atoms with Crippen LogP contribution >= 0.6 is 23.4 Å². The van der Waals surface area contributed by atoms with Gasteiger partial charge in [0, 0.05) is 65.6 Å². The Bertz CT molecular complexity index is 3470. The van der Waals surface area contributed by atoms with Gasteiger partial charge in [-0.1, -0.05) is 26.0 Å². The topological polar surface area (TPSA) is 393 Å². The Balaban J connectivity index is 0.737. The molecule has 0 bridgehead atoms. The highest BCUT2D eigenvalue weighted by molar-refractivity contribution is 7.85. The van der Waals surface area contributed by atoms with Crippen LogP contribution in [0.3, 0.4) is 0 Å². The first kappa shape index (κ1) is 52.6. The lowest BCUT2D eigenvalue weighted by Crippen LogP contribution is -2.47. The molecule has 1 fully saturated rings. The molecule has 6 aliphatic heterocycles. The molecule has 74 heavy (non-hydrogen) atoms. The van der Waals surface area contributed by atoms with Crippen molar-refractivity contribution in [1.29, 1.82) is 0 Å². The molecule has 4 aromatic rings. The largest absolute Gasteiger partial charge is 0.744 e. The summed E-state index contributed by atoms with van der Waals surface area (Å²) in [6, 6.07) is 10.3. The second-order valence-electron chi connectivity index (χ2n) is 19.7. The van der Waals surface area contributed by atoms with Crippen molar-refractivity contribution in [3.05, 3.63) is 92.7 Å². The van der Waals surface area contributed by atoms with Gasteiger partial charge in [0.2, 0.25) is 17.5 Å². The smallest absolute Gasteiger partial charge is 0.489 e. The molecule has 10 rings (SSSR count). The number of aliphatic hydroxyl groups is 2. The number of carbonyl (C=O) groups excluding carboxylic acids is 1. The number of imidazole rings is 1. The highest BCUT2D eigenvalue weighted by Gasteiger charge is 2.55. The zero-order valence-electron chi connectivity index (χ0n) is 39.8. The minimum Gasteiger partial charge on any atom is -0.744 e. The molecule has 1 amide bonds. The molecule has 0 saturated carbocycles. The zero-order valence-corrected chi connectivity index (χ0v) is 43.3. The molecule has 27 nitrogen and oxygen atoms in total. The third-order valence-corrected chi connectivity index (χ3v) is 19.4. The van der Waals surface area contributed by atoms with Crippen molar-refractivity contribution in [2.75, 3.05) is 43.4 Å². The summed E-state index contributed by atoms with van der Waals surface area (Å²) in [7, 11) is -21.4. The highest BCUT2D eigenvalue weighted by Crippen LogP contribution is 2.66. The number of rotatable bonds is 15. The fourth-order valence-electron chi connectivity index (χ4n) is 11.0. The van der Waals surface area contributed by atoms with Gasteiger partial charge in [0.05, 0.1) is 41.9 Å². The van der Waals surface area contributed by atoms with E-state index in [0.717, 1.165) is 68.8 Å². The fourth-order valence-corrected chi connectivity index (χ4v) is 15.2. The van der Waals surface area contributed by atoms with Gasteiger partial charge < -0.3 is 54.9 Å². The summed E-state index contributed by atoms with van der Waals surface area (Å²) >= 11 is 0. The Morgan fingerprint density at radius 3 is 2.49 bits per heavy atom. The maximum absolute atomic E-state index is 13.2. The lowest BCUT2D eigenvalue weighted by Gasteiger charge is -2.42. The Morgan fingerprint density at radius 1 is 0.986 bits per heavy atom. The van der Waals surface area contributed by atoms with Crippen LogP contribution in [-0.4, -0.2) is 137 Å². The van der Waals surface area contributed by atoms with E-state index in [1.54, 1.807) is 6.07 Å². The number of nitrogens with zero attached hydrogens (tertiary/aromatic N) is 5. The number of hydrogen-bond donors (Lipinski definition) is 9. The molecule has 31 heteroatoms. The number of nitrogens with one attached hydrogen (secondary N) is 3. The van der Waals surface area contributed by atoms with Crippen LogP contribution in [0.4, 0.5) is 17.3 Å². The molecular weight excluding hydrogens is 1060 g/mol. The number of fused-ring (bicyclic) bond motifs is 9. The number of carbonyl (C=O) groups is 1. The SMILES string of the molecule is CC1(C)C2=C3C=C4C5=[N+](CCC4OC3CCN2c2ccc(CC(=O)NCCNP(=O)(O)OP(=O)(O)OP(=O)(O)OCC3OC(n4cnc6c(=O)[nH]c(N)nc64)C(O)C3O)cc21)c1ccc(S(=O)(=O)[O-])cc1C5(C)C. The number of nitrogens with two attached hydrogens (primary N) is 1. The van der Waals surface area contributed by atoms with Gasteiger partial charge in [-0.25, -0.2) is 32.2 Å². The minimum atomic E-state index is -5.86. The molecule has 2 aromatic heterocycles. The van der Waals surface area contributed by atoms with E-state index in [-0.39, 0.29) is 47.2 Å².